The normalized spacial score (nSPS) is 25.5. The molecule has 0 amide bonds. The number of hydrogen-bond acceptors (Lipinski definition) is 4. The molecule has 0 saturated heterocycles. The van der Waals surface area contributed by atoms with Crippen molar-refractivity contribution in [1.82, 2.24) is 4.98 Å². The number of aliphatic hydroxyl groups excluding tert-OH is 1. The maximum Gasteiger partial charge on any atom is 0.111 e. The van der Waals surface area contributed by atoms with Crippen molar-refractivity contribution in [2.24, 2.45) is 5.41 Å². The first-order valence-corrected chi connectivity index (χ1v) is 12.7. The van der Waals surface area contributed by atoms with E-state index in [1.807, 2.05) is 26.0 Å². The van der Waals surface area contributed by atoms with E-state index in [9.17, 15) is 10.2 Å². The molecule has 4 heteroatoms. The van der Waals surface area contributed by atoms with Crippen molar-refractivity contribution < 1.29 is 14.9 Å². The molecule has 3 aliphatic rings. The number of fused-ring (bicyclic) bond motifs is 4. The molecule has 2 atom stereocenters. The number of rotatable bonds is 3. The summed E-state index contributed by atoms with van der Waals surface area (Å²) in [4.78, 5) is 5.24. The second kappa shape index (κ2) is 7.63. The van der Waals surface area contributed by atoms with Gasteiger partial charge in [-0.25, -0.2) is 0 Å². The van der Waals surface area contributed by atoms with E-state index >= 15 is 0 Å². The number of benzene rings is 1. The Morgan fingerprint density at radius 2 is 1.70 bits per heavy atom. The maximum atomic E-state index is 11.4. The molecule has 33 heavy (non-hydrogen) atoms. The molecule has 2 aromatic rings. The average Bonchev–Trinajstić information content (AvgIpc) is 3.31. The van der Waals surface area contributed by atoms with Gasteiger partial charge >= 0.3 is 0 Å². The Hall–Kier alpha value is -1.75. The van der Waals surface area contributed by atoms with E-state index < -0.39 is 11.7 Å². The lowest BCUT2D eigenvalue weighted by Gasteiger charge is -2.38. The van der Waals surface area contributed by atoms with Gasteiger partial charge in [0.15, 0.2) is 0 Å². The van der Waals surface area contributed by atoms with E-state index in [1.54, 1.807) is 0 Å². The first kappa shape index (κ1) is 23.0. The van der Waals surface area contributed by atoms with Crippen LogP contribution in [0.25, 0.3) is 0 Å². The third-order valence-electron chi connectivity index (χ3n) is 8.05. The number of pyridine rings is 1. The molecule has 1 aromatic carbocycles. The summed E-state index contributed by atoms with van der Waals surface area (Å²) in [6.07, 6.45) is 5.28. The van der Waals surface area contributed by atoms with Crippen molar-refractivity contribution in [2.75, 3.05) is 0 Å². The van der Waals surface area contributed by atoms with Gasteiger partial charge in [-0.1, -0.05) is 64.8 Å². The van der Waals surface area contributed by atoms with Gasteiger partial charge in [0.05, 0.1) is 17.3 Å². The fourth-order valence-electron chi connectivity index (χ4n) is 6.48. The smallest absolute Gasteiger partial charge is 0.111 e. The van der Waals surface area contributed by atoms with Crippen molar-refractivity contribution in [3.63, 3.8) is 0 Å². The molecular weight excluding hydrogens is 410 g/mol. The van der Waals surface area contributed by atoms with Gasteiger partial charge in [-0.15, -0.1) is 0 Å². The summed E-state index contributed by atoms with van der Waals surface area (Å²) >= 11 is 0. The Kier molecular flexibility index (Phi) is 5.32. The minimum Gasteiger partial charge on any atom is -0.388 e. The van der Waals surface area contributed by atoms with Crippen LogP contribution in [0.1, 0.15) is 131 Å². The molecule has 5 rings (SSSR count). The molecule has 0 radical (unpaired) electrons. The third-order valence-corrected chi connectivity index (χ3v) is 8.05. The number of aromatic nitrogens is 1. The number of ether oxygens (including phenoxy) is 1. The Bertz CT molecular complexity index is 1060. The monoisotopic (exact) mass is 449 g/mol. The Morgan fingerprint density at radius 3 is 2.27 bits per heavy atom. The average molecular weight is 450 g/mol. The number of hydrogen-bond donors (Lipinski definition) is 2. The third kappa shape index (κ3) is 3.75. The lowest BCUT2D eigenvalue weighted by atomic mass is 9.70. The summed E-state index contributed by atoms with van der Waals surface area (Å²) < 4.78 is 7.04. The first-order chi connectivity index (χ1) is 15.4. The van der Waals surface area contributed by atoms with Gasteiger partial charge in [0.1, 0.15) is 6.10 Å². The molecule has 2 aliphatic carbocycles. The summed E-state index contributed by atoms with van der Waals surface area (Å²) in [5, 5.41) is 21.8. The fourth-order valence-corrected chi connectivity index (χ4v) is 6.48. The van der Waals surface area contributed by atoms with Crippen LogP contribution in [-0.2, 0) is 22.4 Å². The minimum atomic E-state index is -0.875. The molecule has 178 valence electrons. The van der Waals surface area contributed by atoms with Crippen LogP contribution in [0.3, 0.4) is 0 Å². The summed E-state index contributed by atoms with van der Waals surface area (Å²) in [5.41, 5.74) is 6.54. The van der Waals surface area contributed by atoms with Crippen LogP contribution in [0, 0.1) is 5.41 Å². The Balaban J connectivity index is 1.73. The van der Waals surface area contributed by atoms with Crippen molar-refractivity contribution in [1.29, 1.82) is 0 Å². The SMILES string of the molecule is CC(C)c1nc2c(c3c1[C@@H](c1ccc(C(C)(C)O)cc1)OC31CCCC1)C(O)CC(C)(C)C2. The highest BCUT2D eigenvalue weighted by atomic mass is 16.5. The zero-order chi connectivity index (χ0) is 23.8. The largest absolute Gasteiger partial charge is 0.388 e. The van der Waals surface area contributed by atoms with Gasteiger partial charge in [0, 0.05) is 22.5 Å². The Morgan fingerprint density at radius 1 is 1.06 bits per heavy atom. The highest BCUT2D eigenvalue weighted by Gasteiger charge is 2.52. The highest BCUT2D eigenvalue weighted by molar-refractivity contribution is 5.54. The van der Waals surface area contributed by atoms with E-state index in [2.05, 4.69) is 39.8 Å². The van der Waals surface area contributed by atoms with Crippen molar-refractivity contribution in [2.45, 2.75) is 109 Å². The van der Waals surface area contributed by atoms with Gasteiger partial charge in [0.25, 0.3) is 0 Å². The second-order valence-electron chi connectivity index (χ2n) is 12.2. The van der Waals surface area contributed by atoms with E-state index in [-0.39, 0.29) is 23.0 Å². The van der Waals surface area contributed by atoms with Crippen LogP contribution in [0.15, 0.2) is 24.3 Å². The van der Waals surface area contributed by atoms with Crippen LogP contribution in [0.5, 0.6) is 0 Å². The van der Waals surface area contributed by atoms with Crippen LogP contribution in [0.2, 0.25) is 0 Å². The number of nitrogens with zero attached hydrogens (tertiary/aromatic N) is 1. The van der Waals surface area contributed by atoms with E-state index in [4.69, 9.17) is 9.72 Å². The molecule has 1 fully saturated rings. The van der Waals surface area contributed by atoms with E-state index in [0.29, 0.717) is 0 Å². The predicted molar refractivity (Wildman–Crippen MR) is 130 cm³/mol. The van der Waals surface area contributed by atoms with Crippen LogP contribution in [-0.4, -0.2) is 15.2 Å². The van der Waals surface area contributed by atoms with Crippen molar-refractivity contribution in [3.8, 4) is 0 Å². The van der Waals surface area contributed by atoms with Crippen molar-refractivity contribution >= 4 is 0 Å². The molecule has 1 unspecified atom stereocenters. The molecule has 1 aliphatic heterocycles. The molecule has 4 nitrogen and oxygen atoms in total. The first-order valence-electron chi connectivity index (χ1n) is 12.7. The maximum absolute atomic E-state index is 11.4. The predicted octanol–water partition coefficient (Wildman–Crippen LogP) is 6.33. The molecule has 1 saturated carbocycles. The molecule has 2 N–H and O–H groups in total. The summed E-state index contributed by atoms with van der Waals surface area (Å²) in [6, 6.07) is 8.21. The lowest BCUT2D eigenvalue weighted by Crippen LogP contribution is -2.32. The zero-order valence-corrected chi connectivity index (χ0v) is 21.0. The van der Waals surface area contributed by atoms with E-state index in [0.717, 1.165) is 66.6 Å². The lowest BCUT2D eigenvalue weighted by molar-refractivity contribution is -0.0580. The van der Waals surface area contributed by atoms with Crippen LogP contribution < -0.4 is 0 Å². The Labute approximate surface area is 198 Å². The molecule has 0 bridgehead atoms. The molecule has 2 heterocycles. The zero-order valence-electron chi connectivity index (χ0n) is 21.0. The topological polar surface area (TPSA) is 62.6 Å². The standard InChI is InChI=1S/C29H39NO3/c1-17(2)25-23-24(22-20(30-25)15-27(3,4)16-21(22)31)29(13-7-8-14-29)33-26(23)18-9-11-19(12-10-18)28(5,6)32/h9-12,17,21,26,31-32H,7-8,13-16H2,1-6H3/t21?,26-/m1/s1. The van der Waals surface area contributed by atoms with Crippen LogP contribution in [0.4, 0.5) is 0 Å². The van der Waals surface area contributed by atoms with Gasteiger partial charge in [-0.3, -0.25) is 4.98 Å². The molecule has 1 spiro atoms. The molecular formula is C29H39NO3. The summed E-state index contributed by atoms with van der Waals surface area (Å²) in [7, 11) is 0. The van der Waals surface area contributed by atoms with E-state index in [1.165, 1.54) is 11.1 Å². The summed E-state index contributed by atoms with van der Waals surface area (Å²) in [5.74, 6) is 0.268. The van der Waals surface area contributed by atoms with Crippen LogP contribution >= 0.6 is 0 Å². The second-order valence-corrected chi connectivity index (χ2v) is 12.2. The quantitative estimate of drug-likeness (QED) is 0.575. The highest BCUT2D eigenvalue weighted by Crippen LogP contribution is 2.59. The van der Waals surface area contributed by atoms with Gasteiger partial charge in [-0.05, 0) is 67.6 Å². The fraction of sp³-hybridized carbons (Fsp3) is 0.621. The minimum absolute atomic E-state index is 0.0382. The molecule has 1 aromatic heterocycles. The summed E-state index contributed by atoms with van der Waals surface area (Å²) in [6.45, 7) is 12.5. The number of aliphatic hydroxyl groups is 2. The van der Waals surface area contributed by atoms with Gasteiger partial charge in [-0.2, -0.15) is 0 Å². The van der Waals surface area contributed by atoms with Crippen molar-refractivity contribution in [3.05, 3.63) is 63.5 Å². The van der Waals surface area contributed by atoms with Gasteiger partial charge in [0.2, 0.25) is 0 Å². The van der Waals surface area contributed by atoms with Gasteiger partial charge < -0.3 is 14.9 Å².